The molecular weight excluding hydrogens is 478 g/mol. The van der Waals surface area contributed by atoms with Crippen molar-refractivity contribution in [3.05, 3.63) is 107 Å². The highest BCUT2D eigenvalue weighted by molar-refractivity contribution is 5.95. The standard InChI is InChI=1S/C31H31N3O4/c1-21-16-24(26-10-6-7-11-28(26)32-21)20-38-25-14-12-22(13-15-25)17-31(18-27(31)29(35)33-37)30(36)34(2)19-23-8-4-3-5-9-23/h3-16,27,37H,17-20H2,1-2H3,(H,33,35). The molecule has 0 aliphatic heterocycles. The number of carbonyl (C=O) groups is 2. The van der Waals surface area contributed by atoms with Gasteiger partial charge in [0.25, 0.3) is 0 Å². The van der Waals surface area contributed by atoms with Crippen molar-refractivity contribution in [2.24, 2.45) is 11.3 Å². The summed E-state index contributed by atoms with van der Waals surface area (Å²) in [4.78, 5) is 32.1. The lowest BCUT2D eigenvalue weighted by Gasteiger charge is -2.25. The van der Waals surface area contributed by atoms with Crippen molar-refractivity contribution in [2.45, 2.75) is 32.9 Å². The minimum absolute atomic E-state index is 0.102. The summed E-state index contributed by atoms with van der Waals surface area (Å²) in [7, 11) is 1.75. The van der Waals surface area contributed by atoms with Crippen LogP contribution in [0.15, 0.2) is 84.9 Å². The van der Waals surface area contributed by atoms with E-state index in [1.807, 2.05) is 91.9 Å². The SMILES string of the molecule is Cc1cc(COc2ccc(CC3(C(=O)N(C)Cc4ccccc4)CC3C(=O)NO)cc2)c2ccccc2n1. The minimum atomic E-state index is -0.883. The Hall–Kier alpha value is -4.23. The summed E-state index contributed by atoms with van der Waals surface area (Å²) in [6.07, 6.45) is 0.793. The molecule has 1 heterocycles. The van der Waals surface area contributed by atoms with E-state index >= 15 is 0 Å². The average Bonchev–Trinajstić information content (AvgIpc) is 3.67. The largest absolute Gasteiger partial charge is 0.489 e. The number of amides is 2. The molecule has 4 aromatic rings. The second kappa shape index (κ2) is 10.6. The van der Waals surface area contributed by atoms with E-state index in [0.717, 1.165) is 33.3 Å². The van der Waals surface area contributed by atoms with Gasteiger partial charge in [0.15, 0.2) is 0 Å². The van der Waals surface area contributed by atoms with Crippen LogP contribution in [0.5, 0.6) is 5.75 Å². The summed E-state index contributed by atoms with van der Waals surface area (Å²) < 4.78 is 6.08. The van der Waals surface area contributed by atoms with Crippen LogP contribution in [0, 0.1) is 18.3 Å². The third-order valence-corrected chi connectivity index (χ3v) is 7.30. The number of carbonyl (C=O) groups excluding carboxylic acids is 2. The lowest BCUT2D eigenvalue weighted by Crippen LogP contribution is -2.38. The third-order valence-electron chi connectivity index (χ3n) is 7.30. The predicted octanol–water partition coefficient (Wildman–Crippen LogP) is 4.84. The second-order valence-electron chi connectivity index (χ2n) is 10.1. The Kier molecular flexibility index (Phi) is 7.11. The van der Waals surface area contributed by atoms with Crippen LogP contribution in [0.2, 0.25) is 0 Å². The number of para-hydroxylation sites is 1. The molecule has 2 atom stereocenters. The first kappa shape index (κ1) is 25.4. The third kappa shape index (κ3) is 5.24. The Bertz CT molecular complexity index is 1460. The first-order valence-electron chi connectivity index (χ1n) is 12.7. The molecule has 3 aromatic carbocycles. The zero-order valence-corrected chi connectivity index (χ0v) is 21.6. The van der Waals surface area contributed by atoms with Gasteiger partial charge in [-0.15, -0.1) is 0 Å². The summed E-state index contributed by atoms with van der Waals surface area (Å²) in [6.45, 7) is 2.83. The van der Waals surface area contributed by atoms with Gasteiger partial charge in [-0.05, 0) is 55.2 Å². The molecule has 0 spiro atoms. The normalized spacial score (nSPS) is 18.1. The van der Waals surface area contributed by atoms with Crippen molar-refractivity contribution >= 4 is 22.7 Å². The number of pyridine rings is 1. The molecule has 1 aliphatic rings. The van der Waals surface area contributed by atoms with Gasteiger partial charge < -0.3 is 9.64 Å². The summed E-state index contributed by atoms with van der Waals surface area (Å²) in [5.41, 5.74) is 5.75. The van der Waals surface area contributed by atoms with Crippen molar-refractivity contribution in [3.8, 4) is 5.75 Å². The molecule has 1 fully saturated rings. The number of aromatic nitrogens is 1. The molecule has 0 bridgehead atoms. The number of fused-ring (bicyclic) bond motifs is 1. The number of hydrogen-bond donors (Lipinski definition) is 2. The molecule has 2 amide bonds. The van der Waals surface area contributed by atoms with Crippen LogP contribution >= 0.6 is 0 Å². The summed E-state index contributed by atoms with van der Waals surface area (Å²) >= 11 is 0. The van der Waals surface area contributed by atoms with Gasteiger partial charge in [-0.25, -0.2) is 5.48 Å². The molecule has 194 valence electrons. The van der Waals surface area contributed by atoms with Crippen LogP contribution in [0.25, 0.3) is 10.9 Å². The molecular formula is C31H31N3O4. The molecule has 7 heteroatoms. The maximum atomic E-state index is 13.6. The number of nitrogens with zero attached hydrogens (tertiary/aromatic N) is 2. The Morgan fingerprint density at radius 2 is 1.74 bits per heavy atom. The number of ether oxygens (including phenoxy) is 1. The maximum Gasteiger partial charge on any atom is 0.247 e. The fourth-order valence-corrected chi connectivity index (χ4v) is 5.29. The molecule has 0 saturated heterocycles. The monoisotopic (exact) mass is 509 g/mol. The Morgan fingerprint density at radius 3 is 2.47 bits per heavy atom. The van der Waals surface area contributed by atoms with Crippen LogP contribution in [0.4, 0.5) is 0 Å². The Labute approximate surface area is 222 Å². The number of hydrogen-bond acceptors (Lipinski definition) is 5. The van der Waals surface area contributed by atoms with Crippen LogP contribution < -0.4 is 10.2 Å². The van der Waals surface area contributed by atoms with Crippen LogP contribution in [-0.2, 0) is 29.2 Å². The molecule has 0 radical (unpaired) electrons. The molecule has 2 unspecified atom stereocenters. The summed E-state index contributed by atoms with van der Waals surface area (Å²) in [5.74, 6) is -0.479. The van der Waals surface area contributed by atoms with Gasteiger partial charge in [0.05, 0.1) is 16.8 Å². The molecule has 1 aromatic heterocycles. The Balaban J connectivity index is 1.29. The van der Waals surface area contributed by atoms with Crippen molar-refractivity contribution in [3.63, 3.8) is 0 Å². The lowest BCUT2D eigenvalue weighted by molar-refractivity contribution is -0.140. The highest BCUT2D eigenvalue weighted by atomic mass is 16.5. The van der Waals surface area contributed by atoms with Crippen molar-refractivity contribution in [1.82, 2.24) is 15.4 Å². The number of hydroxylamine groups is 1. The van der Waals surface area contributed by atoms with E-state index in [0.29, 0.717) is 31.7 Å². The Morgan fingerprint density at radius 1 is 1.03 bits per heavy atom. The van der Waals surface area contributed by atoms with E-state index in [1.165, 1.54) is 0 Å². The smallest absolute Gasteiger partial charge is 0.247 e. The van der Waals surface area contributed by atoms with E-state index in [4.69, 9.17) is 4.74 Å². The molecule has 38 heavy (non-hydrogen) atoms. The van der Waals surface area contributed by atoms with Gasteiger partial charge in [0.2, 0.25) is 11.8 Å². The first-order chi connectivity index (χ1) is 18.4. The van der Waals surface area contributed by atoms with Crippen molar-refractivity contribution in [2.75, 3.05) is 7.05 Å². The predicted molar refractivity (Wildman–Crippen MR) is 144 cm³/mol. The zero-order valence-electron chi connectivity index (χ0n) is 21.6. The number of benzene rings is 3. The molecule has 2 N–H and O–H groups in total. The summed E-state index contributed by atoms with van der Waals surface area (Å²) in [6, 6.07) is 27.4. The van der Waals surface area contributed by atoms with E-state index in [9.17, 15) is 14.8 Å². The van der Waals surface area contributed by atoms with Crippen molar-refractivity contribution in [1.29, 1.82) is 0 Å². The average molecular weight is 510 g/mol. The molecule has 5 rings (SSSR count). The van der Waals surface area contributed by atoms with Gasteiger partial charge in [0.1, 0.15) is 12.4 Å². The van der Waals surface area contributed by atoms with Gasteiger partial charge >= 0.3 is 0 Å². The fourth-order valence-electron chi connectivity index (χ4n) is 5.29. The minimum Gasteiger partial charge on any atom is -0.489 e. The van der Waals surface area contributed by atoms with Gasteiger partial charge in [0, 0.05) is 30.2 Å². The topological polar surface area (TPSA) is 91.8 Å². The number of rotatable bonds is 9. The van der Waals surface area contributed by atoms with Crippen molar-refractivity contribution < 1.29 is 19.5 Å². The highest BCUT2D eigenvalue weighted by Crippen LogP contribution is 2.56. The number of nitrogens with one attached hydrogen (secondary N) is 1. The van der Waals surface area contributed by atoms with Crippen LogP contribution in [-0.4, -0.2) is 34.0 Å². The van der Waals surface area contributed by atoms with E-state index in [1.54, 1.807) is 17.4 Å². The highest BCUT2D eigenvalue weighted by Gasteiger charge is 2.63. The van der Waals surface area contributed by atoms with Gasteiger partial charge in [-0.3, -0.25) is 19.8 Å². The fraction of sp³-hybridized carbons (Fsp3) is 0.258. The quantitative estimate of drug-likeness (QED) is 0.249. The molecule has 1 saturated carbocycles. The lowest BCUT2D eigenvalue weighted by atomic mass is 9.91. The maximum absolute atomic E-state index is 13.6. The van der Waals surface area contributed by atoms with Crippen LogP contribution in [0.3, 0.4) is 0 Å². The second-order valence-corrected chi connectivity index (χ2v) is 10.1. The van der Waals surface area contributed by atoms with Gasteiger partial charge in [-0.1, -0.05) is 60.7 Å². The summed E-state index contributed by atoms with van der Waals surface area (Å²) in [5, 5.41) is 10.3. The first-order valence-corrected chi connectivity index (χ1v) is 12.7. The van der Waals surface area contributed by atoms with E-state index < -0.39 is 17.2 Å². The molecule has 7 nitrogen and oxygen atoms in total. The number of aryl methyl sites for hydroxylation is 1. The molecule has 1 aliphatic carbocycles. The van der Waals surface area contributed by atoms with Crippen LogP contribution in [0.1, 0.15) is 28.8 Å². The van der Waals surface area contributed by atoms with E-state index in [-0.39, 0.29) is 5.91 Å². The zero-order chi connectivity index (χ0) is 26.7. The van der Waals surface area contributed by atoms with Gasteiger partial charge in [-0.2, -0.15) is 0 Å². The van der Waals surface area contributed by atoms with E-state index in [2.05, 4.69) is 4.98 Å².